The Bertz CT molecular complexity index is 1320. The molecule has 3 heterocycles. The van der Waals surface area contributed by atoms with E-state index >= 15 is 0 Å². The number of carbonyl (C=O) groups excluding carboxylic acids is 1. The standard InChI is InChI=1S/C26H28ClFN4O5/c1-15(32-12-24(33)37-26(2,3)14-32)35-23-10-21-16(8-22(23)36-18-6-7-34-13-18)11-29-25(31-21)30-17-4-5-20(28)19(27)9-17/h4-5,8-11,15,18H,6-7,12-14H2,1-3H3,(H,29,30,31). The number of benzene rings is 2. The van der Waals surface area contributed by atoms with E-state index in [1.807, 2.05) is 31.7 Å². The number of hydrogen-bond acceptors (Lipinski definition) is 9. The van der Waals surface area contributed by atoms with Crippen LogP contribution in [0.25, 0.3) is 10.9 Å². The van der Waals surface area contributed by atoms with Crippen LogP contribution in [0, 0.1) is 5.82 Å². The van der Waals surface area contributed by atoms with Gasteiger partial charge in [-0.05, 0) is 45.0 Å². The van der Waals surface area contributed by atoms with Gasteiger partial charge in [-0.1, -0.05) is 11.6 Å². The zero-order chi connectivity index (χ0) is 26.2. The predicted molar refractivity (Wildman–Crippen MR) is 136 cm³/mol. The first-order valence-electron chi connectivity index (χ1n) is 12.0. The van der Waals surface area contributed by atoms with E-state index in [1.165, 1.54) is 12.1 Å². The third kappa shape index (κ3) is 6.03. The van der Waals surface area contributed by atoms with Crippen LogP contribution in [-0.4, -0.2) is 65.1 Å². The number of rotatable bonds is 7. The average molecular weight is 531 g/mol. The zero-order valence-electron chi connectivity index (χ0n) is 20.8. The van der Waals surface area contributed by atoms with Gasteiger partial charge in [0, 0.05) is 36.3 Å². The highest BCUT2D eigenvalue weighted by Crippen LogP contribution is 2.35. The van der Waals surface area contributed by atoms with Gasteiger partial charge in [0.15, 0.2) is 17.7 Å². The summed E-state index contributed by atoms with van der Waals surface area (Å²) in [5.74, 6) is 0.538. The molecule has 2 unspecified atom stereocenters. The summed E-state index contributed by atoms with van der Waals surface area (Å²) in [7, 11) is 0. The van der Waals surface area contributed by atoms with Gasteiger partial charge in [0.05, 0.1) is 30.3 Å². The quantitative estimate of drug-likeness (QED) is 0.436. The molecule has 0 bridgehead atoms. The topological polar surface area (TPSA) is 95.0 Å². The zero-order valence-corrected chi connectivity index (χ0v) is 21.5. The van der Waals surface area contributed by atoms with Crippen molar-refractivity contribution < 1.29 is 28.1 Å². The van der Waals surface area contributed by atoms with Gasteiger partial charge in [0.25, 0.3) is 0 Å². The Hall–Kier alpha value is -3.21. The molecular formula is C26H28ClFN4O5. The van der Waals surface area contributed by atoms with Crippen LogP contribution in [0.1, 0.15) is 27.2 Å². The van der Waals surface area contributed by atoms with Crippen molar-refractivity contribution in [3.8, 4) is 11.5 Å². The Morgan fingerprint density at radius 3 is 2.84 bits per heavy atom. The monoisotopic (exact) mass is 530 g/mol. The lowest BCUT2D eigenvalue weighted by atomic mass is 10.1. The molecule has 5 rings (SSSR count). The van der Waals surface area contributed by atoms with Crippen LogP contribution < -0.4 is 14.8 Å². The number of aromatic nitrogens is 2. The van der Waals surface area contributed by atoms with Gasteiger partial charge >= 0.3 is 5.97 Å². The molecule has 0 radical (unpaired) electrons. The molecule has 37 heavy (non-hydrogen) atoms. The minimum atomic E-state index is -0.617. The minimum absolute atomic E-state index is 0.00193. The third-order valence-electron chi connectivity index (χ3n) is 6.12. The largest absolute Gasteiger partial charge is 0.484 e. The van der Waals surface area contributed by atoms with Crippen molar-refractivity contribution in [2.45, 2.75) is 45.1 Å². The number of nitrogens with one attached hydrogen (secondary N) is 1. The van der Waals surface area contributed by atoms with Crippen LogP contribution >= 0.6 is 11.6 Å². The Kier molecular flexibility index (Phi) is 7.06. The molecule has 2 aliphatic heterocycles. The summed E-state index contributed by atoms with van der Waals surface area (Å²) in [5, 5.41) is 3.79. The number of hydrogen-bond donors (Lipinski definition) is 1. The maximum Gasteiger partial charge on any atom is 0.320 e. The maximum atomic E-state index is 13.5. The van der Waals surface area contributed by atoms with Crippen molar-refractivity contribution in [1.82, 2.24) is 14.9 Å². The fraction of sp³-hybridized carbons (Fsp3) is 0.423. The van der Waals surface area contributed by atoms with Crippen molar-refractivity contribution >= 4 is 40.1 Å². The maximum absolute atomic E-state index is 13.5. The number of fused-ring (bicyclic) bond motifs is 1. The lowest BCUT2D eigenvalue weighted by Crippen LogP contribution is -2.54. The summed E-state index contributed by atoms with van der Waals surface area (Å²) in [4.78, 5) is 23.0. The van der Waals surface area contributed by atoms with Crippen LogP contribution in [0.5, 0.6) is 11.5 Å². The molecule has 2 aliphatic rings. The highest BCUT2D eigenvalue weighted by Gasteiger charge is 2.36. The first-order valence-corrected chi connectivity index (χ1v) is 12.4. The van der Waals surface area contributed by atoms with Crippen molar-refractivity contribution in [1.29, 1.82) is 0 Å². The predicted octanol–water partition coefficient (Wildman–Crippen LogP) is 4.70. The molecule has 1 N–H and O–H groups in total. The number of halogens is 2. The fourth-order valence-corrected chi connectivity index (χ4v) is 4.55. The molecule has 11 heteroatoms. The van der Waals surface area contributed by atoms with Gasteiger partial charge in [0.2, 0.25) is 5.95 Å². The Balaban J connectivity index is 1.44. The molecule has 1 aromatic heterocycles. The average Bonchev–Trinajstić information content (AvgIpc) is 3.34. The summed E-state index contributed by atoms with van der Waals surface area (Å²) in [6.45, 7) is 7.41. The lowest BCUT2D eigenvalue weighted by molar-refractivity contribution is -0.176. The second kappa shape index (κ2) is 10.3. The highest BCUT2D eigenvalue weighted by molar-refractivity contribution is 6.31. The molecule has 0 amide bonds. The Morgan fingerprint density at radius 1 is 1.27 bits per heavy atom. The van der Waals surface area contributed by atoms with E-state index in [-0.39, 0.29) is 23.6 Å². The van der Waals surface area contributed by atoms with Crippen LogP contribution in [0.2, 0.25) is 5.02 Å². The van der Waals surface area contributed by atoms with E-state index in [1.54, 1.807) is 18.3 Å². The normalized spacial score (nSPS) is 20.5. The molecule has 9 nitrogen and oxygen atoms in total. The van der Waals surface area contributed by atoms with Crippen molar-refractivity contribution in [2.24, 2.45) is 0 Å². The van der Waals surface area contributed by atoms with Gasteiger partial charge in [-0.3, -0.25) is 9.69 Å². The SMILES string of the molecule is CC(Oc1cc2nc(Nc3ccc(F)c(Cl)c3)ncc2cc1OC1CCOC1)N1CC(=O)OC(C)(C)C1. The minimum Gasteiger partial charge on any atom is -0.484 e. The molecule has 0 spiro atoms. The van der Waals surface area contributed by atoms with Gasteiger partial charge in [-0.15, -0.1) is 0 Å². The Morgan fingerprint density at radius 2 is 2.11 bits per heavy atom. The van der Waals surface area contributed by atoms with E-state index in [4.69, 9.17) is 30.5 Å². The number of morpholine rings is 1. The van der Waals surface area contributed by atoms with Crippen LogP contribution in [-0.2, 0) is 14.3 Å². The van der Waals surface area contributed by atoms with Gasteiger partial charge < -0.3 is 24.3 Å². The summed E-state index contributed by atoms with van der Waals surface area (Å²) >= 11 is 5.89. The second-order valence-electron chi connectivity index (χ2n) is 9.76. The van der Waals surface area contributed by atoms with E-state index in [0.29, 0.717) is 48.4 Å². The van der Waals surface area contributed by atoms with Crippen molar-refractivity contribution in [3.05, 3.63) is 47.4 Å². The van der Waals surface area contributed by atoms with Crippen LogP contribution in [0.4, 0.5) is 16.0 Å². The molecule has 196 valence electrons. The highest BCUT2D eigenvalue weighted by atomic mass is 35.5. The number of carbonyl (C=O) groups is 1. The Labute approximate surface area is 218 Å². The summed E-state index contributed by atoms with van der Waals surface area (Å²) in [5.41, 5.74) is 0.548. The number of nitrogens with zero attached hydrogens (tertiary/aromatic N) is 3. The van der Waals surface area contributed by atoms with Gasteiger partial charge in [-0.2, -0.15) is 0 Å². The first-order chi connectivity index (χ1) is 17.6. The molecule has 2 fully saturated rings. The van der Waals surface area contributed by atoms with Gasteiger partial charge in [-0.25, -0.2) is 14.4 Å². The van der Waals surface area contributed by atoms with E-state index in [0.717, 1.165) is 11.8 Å². The first kappa shape index (κ1) is 25.4. The molecule has 3 aromatic rings. The number of ether oxygens (including phenoxy) is 4. The summed E-state index contributed by atoms with van der Waals surface area (Å²) < 4.78 is 37.0. The number of cyclic esters (lactones) is 1. The van der Waals surface area contributed by atoms with Crippen LogP contribution in [0.15, 0.2) is 36.5 Å². The summed E-state index contributed by atoms with van der Waals surface area (Å²) in [6.07, 6.45) is 1.92. The van der Waals surface area contributed by atoms with Gasteiger partial charge in [0.1, 0.15) is 17.5 Å². The molecule has 2 aromatic carbocycles. The molecule has 2 atom stereocenters. The lowest BCUT2D eigenvalue weighted by Gasteiger charge is -2.40. The van der Waals surface area contributed by atoms with E-state index in [2.05, 4.69) is 15.3 Å². The van der Waals surface area contributed by atoms with Crippen molar-refractivity contribution in [2.75, 3.05) is 31.6 Å². The number of esters is 1. The van der Waals surface area contributed by atoms with E-state index in [9.17, 15) is 9.18 Å². The number of anilines is 2. The molecular weight excluding hydrogens is 503 g/mol. The molecule has 0 saturated carbocycles. The van der Waals surface area contributed by atoms with Crippen molar-refractivity contribution in [3.63, 3.8) is 0 Å². The molecule has 0 aliphatic carbocycles. The third-order valence-corrected chi connectivity index (χ3v) is 6.41. The smallest absolute Gasteiger partial charge is 0.320 e. The molecule has 2 saturated heterocycles. The fourth-order valence-electron chi connectivity index (χ4n) is 4.37. The summed E-state index contributed by atoms with van der Waals surface area (Å²) in [6, 6.07) is 7.91. The van der Waals surface area contributed by atoms with E-state index < -0.39 is 17.6 Å². The van der Waals surface area contributed by atoms with Crippen LogP contribution in [0.3, 0.4) is 0 Å². The second-order valence-corrected chi connectivity index (χ2v) is 10.2.